The fourth-order valence-corrected chi connectivity index (χ4v) is 6.06. The predicted molar refractivity (Wildman–Crippen MR) is 88.0 cm³/mol. The molecule has 2 aliphatic heterocycles. The van der Waals surface area contributed by atoms with Gasteiger partial charge in [0, 0.05) is 6.08 Å². The average Bonchev–Trinajstić information content (AvgIpc) is 3.11. The van der Waals surface area contributed by atoms with Gasteiger partial charge in [-0.1, -0.05) is 13.8 Å². The van der Waals surface area contributed by atoms with Gasteiger partial charge in [0.15, 0.2) is 17.2 Å². The molecule has 0 radical (unpaired) electrons. The summed E-state index contributed by atoms with van der Waals surface area (Å²) in [6, 6.07) is 0. The number of ether oxygens (including phenoxy) is 2. The van der Waals surface area contributed by atoms with Gasteiger partial charge in [-0.05, 0) is 43.8 Å². The van der Waals surface area contributed by atoms with Crippen LogP contribution in [-0.4, -0.2) is 46.5 Å². The number of hydrogen-bond donors (Lipinski definition) is 1. The van der Waals surface area contributed by atoms with Gasteiger partial charge in [0.25, 0.3) is 5.60 Å². The second-order valence-corrected chi connectivity index (χ2v) is 7.86. The van der Waals surface area contributed by atoms with E-state index in [1.54, 1.807) is 20.8 Å². The summed E-state index contributed by atoms with van der Waals surface area (Å²) in [5, 5.41) is 9.85. The molecule has 2 heterocycles. The number of methoxy groups -OCH3 is 1. The molecular weight excluding hydrogens is 340 g/mol. The lowest BCUT2D eigenvalue weighted by Crippen LogP contribution is -2.75. The normalized spacial score (nSPS) is 46.6. The topological polar surface area (TPSA) is 99.1 Å². The quantitative estimate of drug-likeness (QED) is 0.464. The summed E-state index contributed by atoms with van der Waals surface area (Å²) in [4.78, 5) is 44.7. The van der Waals surface area contributed by atoms with Crippen LogP contribution in [0, 0.1) is 11.3 Å². The minimum atomic E-state index is -2.27. The highest BCUT2D eigenvalue weighted by atomic mass is 17.1. The molecule has 0 amide bonds. The van der Waals surface area contributed by atoms with Crippen molar-refractivity contribution in [1.29, 1.82) is 0 Å². The minimum absolute atomic E-state index is 0.103. The first-order chi connectivity index (χ1) is 12.2. The molecule has 5 atom stereocenters. The van der Waals surface area contributed by atoms with Crippen LogP contribution in [0.5, 0.6) is 0 Å². The van der Waals surface area contributed by atoms with Crippen LogP contribution >= 0.6 is 0 Å². The Morgan fingerprint density at radius 3 is 2.54 bits per heavy atom. The Labute approximate surface area is 150 Å². The molecule has 140 valence electrons. The molecule has 7 heteroatoms. The number of hydrogen-bond acceptors (Lipinski definition) is 7. The number of rotatable bonds is 3. The highest BCUT2D eigenvalue weighted by molar-refractivity contribution is 6.26. The van der Waals surface area contributed by atoms with Crippen LogP contribution in [0.3, 0.4) is 0 Å². The summed E-state index contributed by atoms with van der Waals surface area (Å²) in [6.07, 6.45) is 1.82. The molecule has 7 nitrogen and oxygen atoms in total. The SMILES string of the molecule is CCC1=C(C)C(=O)C23CC(C)C4(O2)C(OC)=CC(=O)C4(OO)C(=O)C13C. The van der Waals surface area contributed by atoms with Crippen molar-refractivity contribution in [3.8, 4) is 0 Å². The maximum atomic E-state index is 13.8. The summed E-state index contributed by atoms with van der Waals surface area (Å²) < 4.78 is 11.7. The van der Waals surface area contributed by atoms with Gasteiger partial charge in [-0.2, -0.15) is 0 Å². The van der Waals surface area contributed by atoms with E-state index in [0.29, 0.717) is 17.6 Å². The number of carbonyl (C=O) groups excluding carboxylic acids is 3. The van der Waals surface area contributed by atoms with E-state index in [1.807, 2.05) is 6.92 Å². The standard InChI is InChI=1S/C19H22O7/c1-6-11-10(3)14(21)17-8-9(2)18(25-17)13(24-5)7-12(20)19(18,26-23)15(22)16(11,17)4/h7,9,23H,6,8H2,1-5H3. The zero-order valence-electron chi connectivity index (χ0n) is 15.5. The molecule has 4 aliphatic rings. The third kappa shape index (κ3) is 1.28. The van der Waals surface area contributed by atoms with Crippen molar-refractivity contribution in [1.82, 2.24) is 0 Å². The Morgan fingerprint density at radius 2 is 2.00 bits per heavy atom. The summed E-state index contributed by atoms with van der Waals surface area (Å²) in [6.45, 7) is 6.94. The van der Waals surface area contributed by atoms with E-state index in [9.17, 15) is 19.6 Å². The van der Waals surface area contributed by atoms with Gasteiger partial charge in [-0.25, -0.2) is 4.89 Å². The maximum absolute atomic E-state index is 13.8. The zero-order chi connectivity index (χ0) is 19.3. The van der Waals surface area contributed by atoms with E-state index in [-0.39, 0.29) is 18.0 Å². The third-order valence-corrected chi connectivity index (χ3v) is 7.18. The van der Waals surface area contributed by atoms with Gasteiger partial charge in [-0.15, -0.1) is 0 Å². The largest absolute Gasteiger partial charge is 0.498 e. The highest BCUT2D eigenvalue weighted by Crippen LogP contribution is 2.71. The summed E-state index contributed by atoms with van der Waals surface area (Å²) >= 11 is 0. The first-order valence-corrected chi connectivity index (χ1v) is 8.79. The second kappa shape index (κ2) is 4.71. The van der Waals surface area contributed by atoms with E-state index in [2.05, 4.69) is 0 Å². The van der Waals surface area contributed by atoms with Crippen molar-refractivity contribution in [2.45, 2.75) is 57.3 Å². The lowest BCUT2D eigenvalue weighted by atomic mass is 9.61. The van der Waals surface area contributed by atoms with Crippen LogP contribution in [0.4, 0.5) is 0 Å². The molecule has 0 aromatic carbocycles. The van der Waals surface area contributed by atoms with Crippen LogP contribution < -0.4 is 0 Å². The van der Waals surface area contributed by atoms with E-state index in [0.717, 1.165) is 6.08 Å². The molecule has 2 bridgehead atoms. The number of ketones is 3. The molecule has 2 spiro atoms. The van der Waals surface area contributed by atoms with E-state index in [4.69, 9.17) is 14.4 Å². The Morgan fingerprint density at radius 1 is 1.35 bits per heavy atom. The molecule has 26 heavy (non-hydrogen) atoms. The average molecular weight is 362 g/mol. The van der Waals surface area contributed by atoms with Gasteiger partial charge < -0.3 is 9.47 Å². The predicted octanol–water partition coefficient (Wildman–Crippen LogP) is 1.76. The minimum Gasteiger partial charge on any atom is -0.498 e. The van der Waals surface area contributed by atoms with Crippen LogP contribution in [0.15, 0.2) is 23.0 Å². The van der Waals surface area contributed by atoms with Gasteiger partial charge in [-0.3, -0.25) is 19.6 Å². The van der Waals surface area contributed by atoms with Gasteiger partial charge in [0.05, 0.1) is 12.5 Å². The van der Waals surface area contributed by atoms with Crippen molar-refractivity contribution >= 4 is 17.3 Å². The van der Waals surface area contributed by atoms with Crippen LogP contribution in [0.1, 0.15) is 40.5 Å². The number of carbonyl (C=O) groups is 3. The first kappa shape index (κ1) is 17.6. The molecule has 4 rings (SSSR count). The maximum Gasteiger partial charge on any atom is 0.259 e. The zero-order valence-corrected chi connectivity index (χ0v) is 15.5. The molecular formula is C19H22O7. The summed E-state index contributed by atoms with van der Waals surface area (Å²) in [7, 11) is 1.36. The Hall–Kier alpha value is -1.83. The Balaban J connectivity index is 2.10. The van der Waals surface area contributed by atoms with E-state index in [1.165, 1.54) is 7.11 Å². The molecule has 5 unspecified atom stereocenters. The lowest BCUT2D eigenvalue weighted by molar-refractivity contribution is -0.353. The van der Waals surface area contributed by atoms with Crippen LogP contribution in [0.25, 0.3) is 0 Å². The van der Waals surface area contributed by atoms with Crippen molar-refractivity contribution < 1.29 is 34.0 Å². The van der Waals surface area contributed by atoms with Crippen molar-refractivity contribution in [2.24, 2.45) is 11.3 Å². The number of Topliss-reactive ketones (excluding diaryl/α,β-unsaturated/α-hetero) is 2. The first-order valence-electron chi connectivity index (χ1n) is 8.79. The van der Waals surface area contributed by atoms with E-state index < -0.39 is 39.7 Å². The van der Waals surface area contributed by atoms with Crippen molar-refractivity contribution in [3.05, 3.63) is 23.0 Å². The molecule has 2 aliphatic carbocycles. The lowest BCUT2D eigenvalue weighted by Gasteiger charge is -2.53. The molecule has 2 saturated heterocycles. The second-order valence-electron chi connectivity index (χ2n) is 7.86. The molecule has 2 fully saturated rings. The fourth-order valence-electron chi connectivity index (χ4n) is 6.06. The molecule has 0 aromatic heterocycles. The van der Waals surface area contributed by atoms with Gasteiger partial charge in [0.2, 0.25) is 5.78 Å². The van der Waals surface area contributed by atoms with Gasteiger partial charge in [0.1, 0.15) is 11.4 Å². The highest BCUT2D eigenvalue weighted by Gasteiger charge is 2.88. The van der Waals surface area contributed by atoms with Crippen molar-refractivity contribution in [2.75, 3.05) is 7.11 Å². The van der Waals surface area contributed by atoms with E-state index >= 15 is 0 Å². The molecule has 0 aromatic rings. The Kier molecular flexibility index (Phi) is 3.18. The molecule has 1 N–H and O–H groups in total. The fraction of sp³-hybridized carbons (Fsp3) is 0.632. The smallest absolute Gasteiger partial charge is 0.259 e. The monoisotopic (exact) mass is 362 g/mol. The molecule has 0 saturated carbocycles. The summed E-state index contributed by atoms with van der Waals surface area (Å²) in [5.74, 6) is -1.97. The van der Waals surface area contributed by atoms with Crippen LogP contribution in [-0.2, 0) is 28.7 Å². The summed E-state index contributed by atoms with van der Waals surface area (Å²) in [5.41, 5.74) is -5.60. The van der Waals surface area contributed by atoms with Crippen molar-refractivity contribution in [3.63, 3.8) is 0 Å². The van der Waals surface area contributed by atoms with Gasteiger partial charge >= 0.3 is 0 Å². The van der Waals surface area contributed by atoms with Crippen LogP contribution in [0.2, 0.25) is 0 Å². The third-order valence-electron chi connectivity index (χ3n) is 7.18. The Bertz CT molecular complexity index is 839.